The van der Waals surface area contributed by atoms with Crippen molar-refractivity contribution in [3.8, 4) is 11.1 Å². The number of hydrogen-bond acceptors (Lipinski definition) is 6. The van der Waals surface area contributed by atoms with E-state index in [1.54, 1.807) is 6.33 Å². The molecule has 0 radical (unpaired) electrons. The lowest BCUT2D eigenvalue weighted by Crippen LogP contribution is -2.50. The molecule has 2 aromatic carbocycles. The highest BCUT2D eigenvalue weighted by atomic mass is 35.5. The van der Waals surface area contributed by atoms with Crippen LogP contribution in [0.5, 0.6) is 0 Å². The minimum Gasteiger partial charge on any atom is -0.353 e. The van der Waals surface area contributed by atoms with Crippen molar-refractivity contribution in [1.82, 2.24) is 29.2 Å². The monoisotopic (exact) mass is 648 g/mol. The van der Waals surface area contributed by atoms with Crippen LogP contribution in [0.3, 0.4) is 0 Å². The summed E-state index contributed by atoms with van der Waals surface area (Å²) in [4.78, 5) is 44.7. The Kier molecular flexibility index (Phi) is 9.16. The molecule has 2 fully saturated rings. The van der Waals surface area contributed by atoms with Crippen molar-refractivity contribution < 1.29 is 9.59 Å². The first-order valence-corrected chi connectivity index (χ1v) is 15.8. The standard InChI is InChI=1S/C33H37ClN8O2.ClH/c1-38-16-18-40(19-17-38)31-30-26(25-7-3-4-8-27(25)34)20-41(32(30)36-22-35-31)21-29(43)39-13-11-24(12-14-39)42-15-10-23-6-2-5-9-28(23)37-33(42)44;/h2-9,20,22,24H,10-19,21H2,1H3,(H,37,44);1H. The zero-order valence-corrected chi connectivity index (χ0v) is 26.9. The molecule has 0 aliphatic carbocycles. The van der Waals surface area contributed by atoms with Gasteiger partial charge in [0.1, 0.15) is 24.3 Å². The number of carbonyl (C=O) groups excluding carboxylic acids is 2. The van der Waals surface area contributed by atoms with E-state index in [0.717, 1.165) is 84.7 Å². The Balaban J connectivity index is 0.00000357. The quantitative estimate of drug-likeness (QED) is 0.327. The van der Waals surface area contributed by atoms with Crippen LogP contribution in [-0.2, 0) is 17.8 Å². The van der Waals surface area contributed by atoms with Gasteiger partial charge in [-0.2, -0.15) is 0 Å². The van der Waals surface area contributed by atoms with Gasteiger partial charge in [0, 0.05) is 79.9 Å². The Morgan fingerprint density at radius 1 is 0.933 bits per heavy atom. The molecule has 2 aromatic heterocycles. The Hall–Kier alpha value is -3.86. The average Bonchev–Trinajstić information content (AvgIpc) is 3.31. The van der Waals surface area contributed by atoms with Crippen molar-refractivity contribution >= 4 is 58.5 Å². The number of para-hydroxylation sites is 1. The fraction of sp³-hybridized carbons (Fsp3) is 0.394. The predicted octanol–water partition coefficient (Wildman–Crippen LogP) is 5.01. The maximum absolute atomic E-state index is 13.7. The van der Waals surface area contributed by atoms with Gasteiger partial charge < -0.3 is 29.5 Å². The maximum atomic E-state index is 13.7. The molecule has 0 unspecified atom stereocenters. The van der Waals surface area contributed by atoms with Crippen LogP contribution in [0.15, 0.2) is 61.1 Å². The van der Waals surface area contributed by atoms with Gasteiger partial charge in [0.15, 0.2) is 0 Å². The molecule has 4 aromatic rings. The van der Waals surface area contributed by atoms with Crippen LogP contribution in [0.1, 0.15) is 18.4 Å². The summed E-state index contributed by atoms with van der Waals surface area (Å²) in [7, 11) is 2.13. The van der Waals surface area contributed by atoms with E-state index in [-0.39, 0.29) is 36.9 Å². The van der Waals surface area contributed by atoms with Crippen LogP contribution in [-0.4, -0.2) is 100 Å². The van der Waals surface area contributed by atoms with Crippen molar-refractivity contribution in [2.75, 3.05) is 63.1 Å². The topological polar surface area (TPSA) is 89.8 Å². The van der Waals surface area contributed by atoms with E-state index in [1.165, 1.54) is 0 Å². The number of rotatable bonds is 5. The second kappa shape index (κ2) is 13.2. The number of aromatic nitrogens is 3. The molecule has 45 heavy (non-hydrogen) atoms. The molecule has 3 aliphatic rings. The van der Waals surface area contributed by atoms with Crippen LogP contribution in [0.2, 0.25) is 5.02 Å². The first-order valence-electron chi connectivity index (χ1n) is 15.4. The molecule has 3 amide bonds. The number of nitrogens with one attached hydrogen (secondary N) is 1. The second-order valence-electron chi connectivity index (χ2n) is 12.0. The van der Waals surface area contributed by atoms with E-state index >= 15 is 0 Å². The van der Waals surface area contributed by atoms with E-state index < -0.39 is 0 Å². The number of anilines is 2. The molecule has 0 saturated carbocycles. The number of carbonyl (C=O) groups is 2. The number of halogens is 2. The van der Waals surface area contributed by atoms with Gasteiger partial charge >= 0.3 is 6.03 Å². The summed E-state index contributed by atoms with van der Waals surface area (Å²) in [6.45, 7) is 5.70. The number of piperazine rings is 1. The van der Waals surface area contributed by atoms with Crippen LogP contribution in [0.25, 0.3) is 22.2 Å². The third-order valence-electron chi connectivity index (χ3n) is 9.31. The normalized spacial score (nSPS) is 17.9. The number of likely N-dealkylation sites (tertiary alicyclic amines) is 1. The Bertz CT molecular complexity index is 1700. The van der Waals surface area contributed by atoms with Crippen molar-refractivity contribution in [2.45, 2.75) is 31.8 Å². The largest absolute Gasteiger partial charge is 0.353 e. The number of urea groups is 1. The highest BCUT2D eigenvalue weighted by Crippen LogP contribution is 2.38. The Morgan fingerprint density at radius 3 is 2.44 bits per heavy atom. The number of nitrogens with zero attached hydrogens (tertiary/aromatic N) is 7. The Labute approximate surface area is 274 Å². The van der Waals surface area contributed by atoms with Crippen LogP contribution in [0, 0.1) is 0 Å². The summed E-state index contributed by atoms with van der Waals surface area (Å²) in [6.07, 6.45) is 5.93. The van der Waals surface area contributed by atoms with E-state index in [4.69, 9.17) is 16.6 Å². The first-order chi connectivity index (χ1) is 21.5. The first kappa shape index (κ1) is 31.1. The average molecular weight is 650 g/mol. The number of hydrogen-bond donors (Lipinski definition) is 1. The molecule has 10 nitrogen and oxygen atoms in total. The molecule has 236 valence electrons. The molecule has 0 spiro atoms. The van der Waals surface area contributed by atoms with Gasteiger partial charge in [-0.15, -0.1) is 12.4 Å². The van der Waals surface area contributed by atoms with E-state index in [9.17, 15) is 9.59 Å². The number of piperidine rings is 1. The molecule has 12 heteroatoms. The van der Waals surface area contributed by atoms with Crippen LogP contribution < -0.4 is 10.2 Å². The molecule has 1 N–H and O–H groups in total. The van der Waals surface area contributed by atoms with Gasteiger partial charge in [-0.1, -0.05) is 48.0 Å². The smallest absolute Gasteiger partial charge is 0.322 e. The maximum Gasteiger partial charge on any atom is 0.322 e. The predicted molar refractivity (Wildman–Crippen MR) is 180 cm³/mol. The Morgan fingerprint density at radius 2 is 1.67 bits per heavy atom. The summed E-state index contributed by atoms with van der Waals surface area (Å²) in [5, 5.41) is 4.65. The summed E-state index contributed by atoms with van der Waals surface area (Å²) in [5.41, 5.74) is 4.61. The van der Waals surface area contributed by atoms with Gasteiger partial charge in [0.25, 0.3) is 0 Å². The zero-order valence-electron chi connectivity index (χ0n) is 25.4. The lowest BCUT2D eigenvalue weighted by molar-refractivity contribution is -0.133. The van der Waals surface area contributed by atoms with Crippen molar-refractivity contribution in [2.24, 2.45) is 0 Å². The fourth-order valence-electron chi connectivity index (χ4n) is 6.78. The zero-order chi connectivity index (χ0) is 30.2. The lowest BCUT2D eigenvalue weighted by atomic mass is 10.0. The van der Waals surface area contributed by atoms with Crippen LogP contribution >= 0.6 is 24.0 Å². The molecular weight excluding hydrogens is 611 g/mol. The SMILES string of the molecule is CN1CCN(c2ncnc3c2c(-c2ccccc2Cl)cn3CC(=O)N2CCC(N3CCc4ccccc4NC3=O)CC2)CC1.Cl. The second-order valence-corrected chi connectivity index (χ2v) is 12.4. The number of amides is 3. The highest BCUT2D eigenvalue weighted by Gasteiger charge is 2.32. The van der Waals surface area contributed by atoms with E-state index in [2.05, 4.69) is 33.2 Å². The number of benzene rings is 2. The lowest BCUT2D eigenvalue weighted by Gasteiger charge is -2.38. The third kappa shape index (κ3) is 6.19. The van der Waals surface area contributed by atoms with E-state index in [1.807, 2.05) is 63.0 Å². The molecule has 0 atom stereocenters. The minimum absolute atomic E-state index is 0. The van der Waals surface area contributed by atoms with Crippen molar-refractivity contribution in [3.05, 3.63) is 71.6 Å². The number of fused-ring (bicyclic) bond motifs is 2. The van der Waals surface area contributed by atoms with Gasteiger partial charge in [-0.05, 0) is 44.0 Å². The molecule has 0 bridgehead atoms. The van der Waals surface area contributed by atoms with Crippen molar-refractivity contribution in [3.63, 3.8) is 0 Å². The minimum atomic E-state index is -0.0542. The molecule has 3 aliphatic heterocycles. The summed E-state index contributed by atoms with van der Waals surface area (Å²) in [5.74, 6) is 0.918. The molecule has 5 heterocycles. The summed E-state index contributed by atoms with van der Waals surface area (Å²) in [6, 6.07) is 15.8. The summed E-state index contributed by atoms with van der Waals surface area (Å²) < 4.78 is 1.95. The highest BCUT2D eigenvalue weighted by molar-refractivity contribution is 6.33. The third-order valence-corrected chi connectivity index (χ3v) is 9.64. The van der Waals surface area contributed by atoms with Crippen molar-refractivity contribution in [1.29, 1.82) is 0 Å². The van der Waals surface area contributed by atoms with E-state index in [0.29, 0.717) is 24.7 Å². The fourth-order valence-corrected chi connectivity index (χ4v) is 7.02. The number of likely N-dealkylation sites (N-methyl/N-ethyl adjacent to an activating group) is 1. The molecule has 2 saturated heterocycles. The molecular formula is C33H38Cl2N8O2. The molecule has 7 rings (SSSR count). The van der Waals surface area contributed by atoms with Gasteiger partial charge in [-0.3, -0.25) is 4.79 Å². The van der Waals surface area contributed by atoms with Crippen LogP contribution in [0.4, 0.5) is 16.3 Å². The van der Waals surface area contributed by atoms with Gasteiger partial charge in [0.2, 0.25) is 5.91 Å². The summed E-state index contributed by atoms with van der Waals surface area (Å²) >= 11 is 6.70. The van der Waals surface area contributed by atoms with Gasteiger partial charge in [-0.25, -0.2) is 14.8 Å². The van der Waals surface area contributed by atoms with Gasteiger partial charge in [0.05, 0.1) is 5.39 Å².